The van der Waals surface area contributed by atoms with Gasteiger partial charge in [-0.05, 0) is 17.9 Å². The molecular weight excluding hydrogens is 258 g/mol. The minimum atomic E-state index is 0.426. The molecule has 0 spiro atoms. The number of benzene rings is 1. The van der Waals surface area contributed by atoms with Gasteiger partial charge in [0.25, 0.3) is 0 Å². The molecule has 0 fully saturated rings. The minimum absolute atomic E-state index is 0.426. The van der Waals surface area contributed by atoms with E-state index in [0.717, 1.165) is 37.3 Å². The summed E-state index contributed by atoms with van der Waals surface area (Å²) >= 11 is 0. The molecule has 1 N–H and O–H groups in total. The molecule has 0 saturated carbocycles. The van der Waals surface area contributed by atoms with Crippen molar-refractivity contribution < 1.29 is 0 Å². The predicted octanol–water partition coefficient (Wildman–Crippen LogP) is 3.48. The number of nitrogens with zero attached hydrogens (tertiary/aromatic N) is 2. The molecule has 0 atom stereocenters. The number of rotatable bonds is 3. The van der Waals surface area contributed by atoms with Crippen molar-refractivity contribution in [2.75, 3.05) is 6.54 Å². The first kappa shape index (κ1) is 14.2. The highest BCUT2D eigenvalue weighted by atomic mass is 15.0. The third-order valence-corrected chi connectivity index (χ3v) is 4.13. The smallest absolute Gasteiger partial charge is 0.159 e. The molecule has 0 radical (unpaired) electrons. The highest BCUT2D eigenvalue weighted by Crippen LogP contribution is 2.26. The van der Waals surface area contributed by atoms with Gasteiger partial charge < -0.3 is 5.32 Å². The second-order valence-electron chi connectivity index (χ2n) is 5.99. The lowest BCUT2D eigenvalue weighted by molar-refractivity contribution is 0.609. The van der Waals surface area contributed by atoms with Crippen LogP contribution in [0.4, 0.5) is 0 Å². The molecule has 0 bridgehead atoms. The summed E-state index contributed by atoms with van der Waals surface area (Å²) in [6.07, 6.45) is 2.06. The van der Waals surface area contributed by atoms with Crippen molar-refractivity contribution in [1.82, 2.24) is 15.3 Å². The normalized spacial score (nSPS) is 14.3. The highest BCUT2D eigenvalue weighted by Gasteiger charge is 2.19. The van der Waals surface area contributed by atoms with Gasteiger partial charge in [-0.1, -0.05) is 45.0 Å². The number of fused-ring (bicyclic) bond motifs is 1. The molecule has 3 heteroatoms. The zero-order valence-electron chi connectivity index (χ0n) is 13.1. The Balaban J connectivity index is 2.07. The first-order chi connectivity index (χ1) is 10.2. The van der Waals surface area contributed by atoms with Crippen molar-refractivity contribution >= 4 is 0 Å². The lowest BCUT2D eigenvalue weighted by Crippen LogP contribution is -2.27. The van der Waals surface area contributed by atoms with Crippen molar-refractivity contribution in [3.8, 4) is 11.4 Å². The molecule has 0 unspecified atom stereocenters. The maximum Gasteiger partial charge on any atom is 0.159 e. The Bertz CT molecular complexity index is 630. The Labute approximate surface area is 126 Å². The van der Waals surface area contributed by atoms with Crippen LogP contribution in [0.25, 0.3) is 11.4 Å². The zero-order valence-corrected chi connectivity index (χ0v) is 13.1. The van der Waals surface area contributed by atoms with E-state index in [1.165, 1.54) is 22.5 Å². The molecule has 3 nitrogen and oxygen atoms in total. The van der Waals surface area contributed by atoms with Crippen molar-refractivity contribution in [2.24, 2.45) is 0 Å². The van der Waals surface area contributed by atoms with Gasteiger partial charge in [-0.15, -0.1) is 0 Å². The monoisotopic (exact) mass is 281 g/mol. The number of nitrogens with one attached hydrogen (secondary N) is 1. The minimum Gasteiger partial charge on any atom is -0.312 e. The molecule has 0 aliphatic carbocycles. The van der Waals surface area contributed by atoms with Crippen LogP contribution in [-0.2, 0) is 19.4 Å². The number of aromatic nitrogens is 2. The molecule has 0 amide bonds. The number of aryl methyl sites for hydroxylation is 1. The average Bonchev–Trinajstić information content (AvgIpc) is 2.53. The van der Waals surface area contributed by atoms with Crippen LogP contribution < -0.4 is 5.32 Å². The first-order valence-electron chi connectivity index (χ1n) is 7.88. The highest BCUT2D eigenvalue weighted by molar-refractivity contribution is 5.56. The molecule has 1 aromatic heterocycles. The van der Waals surface area contributed by atoms with Crippen LogP contribution in [0.5, 0.6) is 0 Å². The molecule has 2 aromatic rings. The van der Waals surface area contributed by atoms with E-state index in [4.69, 9.17) is 9.97 Å². The van der Waals surface area contributed by atoms with Crippen molar-refractivity contribution in [3.05, 3.63) is 46.8 Å². The van der Waals surface area contributed by atoms with Crippen molar-refractivity contribution in [1.29, 1.82) is 0 Å². The van der Waals surface area contributed by atoms with E-state index >= 15 is 0 Å². The molecule has 1 aliphatic heterocycles. The SMILES string of the molecule is CCc1ccc(-c2nc3c(c(C(C)C)n2)CNCC3)cc1. The summed E-state index contributed by atoms with van der Waals surface area (Å²) in [5.41, 5.74) is 6.20. The summed E-state index contributed by atoms with van der Waals surface area (Å²) in [4.78, 5) is 9.69. The van der Waals surface area contributed by atoms with Gasteiger partial charge in [0.1, 0.15) is 0 Å². The lowest BCUT2D eigenvalue weighted by atomic mass is 9.98. The third-order valence-electron chi connectivity index (χ3n) is 4.13. The quantitative estimate of drug-likeness (QED) is 0.936. The van der Waals surface area contributed by atoms with Crippen LogP contribution >= 0.6 is 0 Å². The maximum absolute atomic E-state index is 4.86. The van der Waals surface area contributed by atoms with E-state index in [-0.39, 0.29) is 0 Å². The van der Waals surface area contributed by atoms with Crippen LogP contribution in [0.3, 0.4) is 0 Å². The average molecular weight is 281 g/mol. The summed E-state index contributed by atoms with van der Waals surface area (Å²) < 4.78 is 0. The topological polar surface area (TPSA) is 37.8 Å². The Hall–Kier alpha value is -1.74. The zero-order chi connectivity index (χ0) is 14.8. The van der Waals surface area contributed by atoms with Crippen LogP contribution in [-0.4, -0.2) is 16.5 Å². The standard InChI is InChI=1S/C18H23N3/c1-4-13-5-7-14(8-6-13)18-20-16-9-10-19-11-15(16)17(21-18)12(2)3/h5-8,12,19H,4,9-11H2,1-3H3. The van der Waals surface area contributed by atoms with E-state index in [0.29, 0.717) is 5.92 Å². The van der Waals surface area contributed by atoms with Crippen LogP contribution in [0, 0.1) is 0 Å². The summed E-state index contributed by atoms with van der Waals surface area (Å²) in [7, 11) is 0. The largest absolute Gasteiger partial charge is 0.312 e. The van der Waals surface area contributed by atoms with Gasteiger partial charge >= 0.3 is 0 Å². The molecule has 110 valence electrons. The number of hydrogen-bond donors (Lipinski definition) is 1. The summed E-state index contributed by atoms with van der Waals surface area (Å²) in [5.74, 6) is 1.30. The van der Waals surface area contributed by atoms with Gasteiger partial charge in [-0.3, -0.25) is 0 Å². The van der Waals surface area contributed by atoms with Gasteiger partial charge in [0.15, 0.2) is 5.82 Å². The van der Waals surface area contributed by atoms with Crippen LogP contribution in [0.2, 0.25) is 0 Å². The predicted molar refractivity (Wildman–Crippen MR) is 86.3 cm³/mol. The van der Waals surface area contributed by atoms with E-state index < -0.39 is 0 Å². The molecule has 0 saturated heterocycles. The first-order valence-corrected chi connectivity index (χ1v) is 7.88. The van der Waals surface area contributed by atoms with E-state index in [1.54, 1.807) is 0 Å². The summed E-state index contributed by atoms with van der Waals surface area (Å²) in [5, 5.41) is 3.43. The Kier molecular flexibility index (Phi) is 4.02. The fourth-order valence-electron chi connectivity index (χ4n) is 2.87. The second-order valence-corrected chi connectivity index (χ2v) is 5.99. The van der Waals surface area contributed by atoms with Gasteiger partial charge in [0, 0.05) is 30.6 Å². The van der Waals surface area contributed by atoms with Crippen LogP contribution in [0.15, 0.2) is 24.3 Å². The maximum atomic E-state index is 4.86. The second kappa shape index (κ2) is 5.94. The van der Waals surface area contributed by atoms with Crippen LogP contribution in [0.1, 0.15) is 49.2 Å². The van der Waals surface area contributed by atoms with Gasteiger partial charge in [0.05, 0.1) is 11.4 Å². The molecule has 21 heavy (non-hydrogen) atoms. The Morgan fingerprint density at radius 3 is 2.57 bits per heavy atom. The summed E-state index contributed by atoms with van der Waals surface area (Å²) in [6.45, 7) is 8.50. The molecule has 1 aliphatic rings. The Morgan fingerprint density at radius 2 is 1.90 bits per heavy atom. The van der Waals surface area contributed by atoms with E-state index in [9.17, 15) is 0 Å². The fourth-order valence-corrected chi connectivity index (χ4v) is 2.87. The fraction of sp³-hybridized carbons (Fsp3) is 0.444. The molecule has 1 aromatic carbocycles. The molecule has 2 heterocycles. The van der Waals surface area contributed by atoms with Crippen molar-refractivity contribution in [2.45, 2.75) is 46.1 Å². The van der Waals surface area contributed by atoms with Gasteiger partial charge in [-0.2, -0.15) is 0 Å². The van der Waals surface area contributed by atoms with E-state index in [2.05, 4.69) is 50.4 Å². The summed E-state index contributed by atoms with van der Waals surface area (Å²) in [6, 6.07) is 8.64. The third kappa shape index (κ3) is 2.84. The molecule has 3 rings (SSSR count). The number of hydrogen-bond acceptors (Lipinski definition) is 3. The van der Waals surface area contributed by atoms with Crippen molar-refractivity contribution in [3.63, 3.8) is 0 Å². The molecular formula is C18H23N3. The lowest BCUT2D eigenvalue weighted by Gasteiger charge is -2.21. The Morgan fingerprint density at radius 1 is 1.14 bits per heavy atom. The van der Waals surface area contributed by atoms with Gasteiger partial charge in [0.2, 0.25) is 0 Å². The van der Waals surface area contributed by atoms with Gasteiger partial charge in [-0.25, -0.2) is 9.97 Å². The van der Waals surface area contributed by atoms with E-state index in [1.807, 2.05) is 0 Å².